The Bertz CT molecular complexity index is 549. The maximum absolute atomic E-state index is 12.0. The molecule has 0 spiro atoms. The van der Waals surface area contributed by atoms with Crippen molar-refractivity contribution in [3.8, 4) is 0 Å². The number of hydrogen-bond donors (Lipinski definition) is 2. The van der Waals surface area contributed by atoms with Crippen molar-refractivity contribution < 1.29 is 18.9 Å². The van der Waals surface area contributed by atoms with Crippen molar-refractivity contribution in [2.75, 3.05) is 0 Å². The van der Waals surface area contributed by atoms with E-state index in [0.29, 0.717) is 0 Å². The largest absolute Gasteiger partial charge is 0.359 e. The van der Waals surface area contributed by atoms with Crippen LogP contribution in [0.2, 0.25) is 0 Å². The topological polar surface area (TPSA) is 119 Å². The molecule has 8 heteroatoms. The number of carbonyl (C=O) groups is 3. The Hall–Kier alpha value is -2.22. The highest BCUT2D eigenvalue weighted by Gasteiger charge is 2.45. The lowest BCUT2D eigenvalue weighted by Gasteiger charge is -2.16. The fourth-order valence-electron chi connectivity index (χ4n) is 1.91. The monoisotopic (exact) mass is 266 g/mol. The zero-order chi connectivity index (χ0) is 14.2. The van der Waals surface area contributed by atoms with Gasteiger partial charge in [0.25, 0.3) is 5.91 Å². The fourth-order valence-corrected chi connectivity index (χ4v) is 1.91. The SMILES string of the molecule is CC1(C)CC(=O)N(Cc2cc(C(=O)NN)no2)C1=O. The van der Waals surface area contributed by atoms with Crippen LogP contribution < -0.4 is 11.3 Å². The third-order valence-corrected chi connectivity index (χ3v) is 2.95. The van der Waals surface area contributed by atoms with Crippen molar-refractivity contribution in [3.63, 3.8) is 0 Å². The van der Waals surface area contributed by atoms with E-state index >= 15 is 0 Å². The van der Waals surface area contributed by atoms with Crippen LogP contribution in [0.25, 0.3) is 0 Å². The zero-order valence-corrected chi connectivity index (χ0v) is 10.6. The molecule has 0 saturated carbocycles. The highest BCUT2D eigenvalue weighted by atomic mass is 16.5. The predicted octanol–water partition coefficient (Wildman–Crippen LogP) is -0.437. The van der Waals surface area contributed by atoms with Crippen LogP contribution in [0.1, 0.15) is 36.5 Å². The van der Waals surface area contributed by atoms with Gasteiger partial charge in [-0.3, -0.25) is 24.7 Å². The Kier molecular flexibility index (Phi) is 3.11. The number of carbonyl (C=O) groups excluding carboxylic acids is 3. The Morgan fingerprint density at radius 1 is 1.58 bits per heavy atom. The van der Waals surface area contributed by atoms with Crippen LogP contribution in [-0.2, 0) is 16.1 Å². The lowest BCUT2D eigenvalue weighted by atomic mass is 9.92. The molecular formula is C11H14N4O4. The number of nitrogens with one attached hydrogen (secondary N) is 1. The minimum absolute atomic E-state index is 0.00384. The van der Waals surface area contributed by atoms with Gasteiger partial charge in [0.05, 0.1) is 12.0 Å². The van der Waals surface area contributed by atoms with Gasteiger partial charge in [-0.1, -0.05) is 19.0 Å². The number of nitrogens with zero attached hydrogens (tertiary/aromatic N) is 2. The van der Waals surface area contributed by atoms with Crippen molar-refractivity contribution in [2.24, 2.45) is 11.3 Å². The standard InChI is InChI=1S/C11H14N4O4/c1-11(2)4-8(16)15(10(11)18)5-6-3-7(14-19-6)9(17)13-12/h3H,4-5,12H2,1-2H3,(H,13,17). The van der Waals surface area contributed by atoms with Gasteiger partial charge in [0.1, 0.15) is 0 Å². The summed E-state index contributed by atoms with van der Waals surface area (Å²) in [4.78, 5) is 36.0. The number of likely N-dealkylation sites (tertiary alicyclic amines) is 1. The maximum atomic E-state index is 12.0. The number of nitrogen functional groups attached to an aromatic ring is 1. The summed E-state index contributed by atoms with van der Waals surface area (Å²) in [6, 6.07) is 1.34. The lowest BCUT2D eigenvalue weighted by Crippen LogP contribution is -2.32. The van der Waals surface area contributed by atoms with Gasteiger partial charge in [-0.05, 0) is 0 Å². The molecule has 1 aromatic rings. The van der Waals surface area contributed by atoms with Gasteiger partial charge in [-0.2, -0.15) is 0 Å². The smallest absolute Gasteiger partial charge is 0.287 e. The maximum Gasteiger partial charge on any atom is 0.287 e. The van der Waals surface area contributed by atoms with Crippen LogP contribution in [0.3, 0.4) is 0 Å². The molecule has 1 aliphatic rings. The van der Waals surface area contributed by atoms with E-state index in [4.69, 9.17) is 10.4 Å². The summed E-state index contributed by atoms with van der Waals surface area (Å²) >= 11 is 0. The molecule has 102 valence electrons. The highest BCUT2D eigenvalue weighted by molar-refractivity contribution is 6.05. The molecule has 2 rings (SSSR count). The number of hydrazine groups is 1. The van der Waals surface area contributed by atoms with E-state index in [1.165, 1.54) is 6.07 Å². The molecule has 1 saturated heterocycles. The first-order valence-corrected chi connectivity index (χ1v) is 5.66. The summed E-state index contributed by atoms with van der Waals surface area (Å²) in [5.41, 5.74) is 1.21. The van der Waals surface area contributed by atoms with Gasteiger partial charge in [-0.25, -0.2) is 5.84 Å². The molecule has 3 N–H and O–H groups in total. The summed E-state index contributed by atoms with van der Waals surface area (Å²) in [6.07, 6.45) is 0.163. The van der Waals surface area contributed by atoms with Crippen molar-refractivity contribution in [1.82, 2.24) is 15.5 Å². The average molecular weight is 266 g/mol. The van der Waals surface area contributed by atoms with E-state index in [-0.39, 0.29) is 36.2 Å². The molecule has 3 amide bonds. The van der Waals surface area contributed by atoms with Gasteiger partial charge < -0.3 is 4.52 Å². The second-order valence-corrected chi connectivity index (χ2v) is 5.00. The molecule has 1 aromatic heterocycles. The molecule has 1 aliphatic heterocycles. The number of nitrogens with two attached hydrogens (primary N) is 1. The minimum Gasteiger partial charge on any atom is -0.359 e. The van der Waals surface area contributed by atoms with Gasteiger partial charge in [-0.15, -0.1) is 0 Å². The first kappa shape index (κ1) is 13.2. The first-order valence-electron chi connectivity index (χ1n) is 5.66. The van der Waals surface area contributed by atoms with E-state index in [9.17, 15) is 14.4 Å². The van der Waals surface area contributed by atoms with E-state index in [1.54, 1.807) is 13.8 Å². The highest BCUT2D eigenvalue weighted by Crippen LogP contribution is 2.32. The van der Waals surface area contributed by atoms with Crippen molar-refractivity contribution in [2.45, 2.75) is 26.8 Å². The Morgan fingerprint density at radius 3 is 2.79 bits per heavy atom. The van der Waals surface area contributed by atoms with Gasteiger partial charge in [0, 0.05) is 12.5 Å². The van der Waals surface area contributed by atoms with E-state index in [1.807, 2.05) is 5.43 Å². The third kappa shape index (κ3) is 2.34. The molecule has 0 radical (unpaired) electrons. The summed E-state index contributed by atoms with van der Waals surface area (Å²) in [5.74, 6) is 4.07. The van der Waals surface area contributed by atoms with Crippen LogP contribution in [0, 0.1) is 5.41 Å². The van der Waals surface area contributed by atoms with Gasteiger partial charge in [0.15, 0.2) is 11.5 Å². The minimum atomic E-state index is -0.700. The molecule has 0 atom stereocenters. The molecular weight excluding hydrogens is 252 g/mol. The molecule has 0 aromatic carbocycles. The van der Waals surface area contributed by atoms with Crippen LogP contribution >= 0.6 is 0 Å². The first-order chi connectivity index (χ1) is 8.85. The number of hydrogen-bond acceptors (Lipinski definition) is 6. The fraction of sp³-hybridized carbons (Fsp3) is 0.455. The summed E-state index contributed by atoms with van der Waals surface area (Å²) in [5, 5.41) is 3.50. The summed E-state index contributed by atoms with van der Waals surface area (Å²) in [7, 11) is 0. The Morgan fingerprint density at radius 2 is 2.26 bits per heavy atom. The second kappa shape index (κ2) is 4.47. The van der Waals surface area contributed by atoms with Gasteiger partial charge in [0.2, 0.25) is 11.8 Å². The molecule has 1 fully saturated rings. The van der Waals surface area contributed by atoms with Crippen LogP contribution in [0.4, 0.5) is 0 Å². The van der Waals surface area contributed by atoms with Crippen molar-refractivity contribution in [3.05, 3.63) is 17.5 Å². The number of aromatic nitrogens is 1. The van der Waals surface area contributed by atoms with E-state index < -0.39 is 11.3 Å². The van der Waals surface area contributed by atoms with Crippen LogP contribution in [-0.4, -0.2) is 27.8 Å². The molecule has 0 aliphatic carbocycles. The third-order valence-electron chi connectivity index (χ3n) is 2.95. The van der Waals surface area contributed by atoms with Gasteiger partial charge >= 0.3 is 0 Å². The molecule has 0 unspecified atom stereocenters. The van der Waals surface area contributed by atoms with E-state index in [2.05, 4.69) is 5.16 Å². The van der Waals surface area contributed by atoms with Crippen molar-refractivity contribution >= 4 is 17.7 Å². The molecule has 19 heavy (non-hydrogen) atoms. The van der Waals surface area contributed by atoms with Crippen LogP contribution in [0.15, 0.2) is 10.6 Å². The molecule has 8 nitrogen and oxygen atoms in total. The van der Waals surface area contributed by atoms with E-state index in [0.717, 1.165) is 4.90 Å². The Labute approximate surface area is 108 Å². The summed E-state index contributed by atoms with van der Waals surface area (Å²) in [6.45, 7) is 3.38. The zero-order valence-electron chi connectivity index (χ0n) is 10.6. The quantitative estimate of drug-likeness (QED) is 0.331. The number of imide groups is 1. The molecule has 0 bridgehead atoms. The Balaban J connectivity index is 2.14. The average Bonchev–Trinajstić information content (AvgIpc) is 2.88. The predicted molar refractivity (Wildman–Crippen MR) is 62.1 cm³/mol. The number of amides is 3. The molecule has 2 heterocycles. The second-order valence-electron chi connectivity index (χ2n) is 5.00. The van der Waals surface area contributed by atoms with Crippen LogP contribution in [0.5, 0.6) is 0 Å². The number of rotatable bonds is 3. The lowest BCUT2D eigenvalue weighted by molar-refractivity contribution is -0.141. The summed E-state index contributed by atoms with van der Waals surface area (Å²) < 4.78 is 4.90. The van der Waals surface area contributed by atoms with Crippen molar-refractivity contribution in [1.29, 1.82) is 0 Å². The normalized spacial score (nSPS) is 17.9.